The molecule has 4 nitrogen and oxygen atoms in total. The number of amides is 1. The highest BCUT2D eigenvalue weighted by molar-refractivity contribution is 6.42. The van der Waals surface area contributed by atoms with E-state index in [1.54, 1.807) is 12.1 Å². The van der Waals surface area contributed by atoms with Crippen LogP contribution in [0.5, 0.6) is 0 Å². The van der Waals surface area contributed by atoms with Crippen LogP contribution in [0.15, 0.2) is 36.4 Å². The van der Waals surface area contributed by atoms with E-state index in [1.807, 2.05) is 6.07 Å². The zero-order chi connectivity index (χ0) is 29.1. The Balaban J connectivity index is 1.48. The van der Waals surface area contributed by atoms with Gasteiger partial charge in [-0.1, -0.05) is 41.8 Å². The van der Waals surface area contributed by atoms with E-state index in [0.717, 1.165) is 39.0 Å². The van der Waals surface area contributed by atoms with Crippen molar-refractivity contribution in [2.75, 3.05) is 32.7 Å². The molecule has 12 heteroatoms. The monoisotopic (exact) mass is 609 g/mol. The van der Waals surface area contributed by atoms with Gasteiger partial charge in [0.15, 0.2) is 0 Å². The van der Waals surface area contributed by atoms with E-state index in [0.29, 0.717) is 33.8 Å². The van der Waals surface area contributed by atoms with Gasteiger partial charge in [0.25, 0.3) is 0 Å². The van der Waals surface area contributed by atoms with Crippen LogP contribution >= 0.6 is 23.2 Å². The Hall–Kier alpha value is -2.01. The molecular weight excluding hydrogens is 579 g/mol. The van der Waals surface area contributed by atoms with Crippen molar-refractivity contribution in [2.24, 2.45) is 0 Å². The topological polar surface area (TPSA) is 35.6 Å². The summed E-state index contributed by atoms with van der Waals surface area (Å²) in [6.07, 6.45) is -5.09. The molecule has 1 amide bonds. The SMILES string of the molecule is O=C(Cc1cc(C(F)(F)F)cc(C(F)(F)F)c1)NCC(c1cccc(Cl)c1Cl)N1CCC(N2CCCCC2)CC1. The smallest absolute Gasteiger partial charge is 0.354 e. The Morgan fingerprint density at radius 1 is 0.900 bits per heavy atom. The molecule has 2 aliphatic heterocycles. The number of nitrogens with zero attached hydrogens (tertiary/aromatic N) is 2. The highest BCUT2D eigenvalue weighted by atomic mass is 35.5. The zero-order valence-electron chi connectivity index (χ0n) is 21.7. The Morgan fingerprint density at radius 3 is 2.08 bits per heavy atom. The van der Waals surface area contributed by atoms with Gasteiger partial charge in [-0.2, -0.15) is 26.3 Å². The van der Waals surface area contributed by atoms with Crippen molar-refractivity contribution >= 4 is 29.1 Å². The average Bonchev–Trinajstić information content (AvgIpc) is 2.91. The van der Waals surface area contributed by atoms with E-state index in [-0.39, 0.29) is 24.2 Å². The van der Waals surface area contributed by atoms with Gasteiger partial charge in [0.05, 0.1) is 33.6 Å². The van der Waals surface area contributed by atoms with E-state index in [9.17, 15) is 31.1 Å². The number of nitrogens with one attached hydrogen (secondary N) is 1. The number of hydrogen-bond donors (Lipinski definition) is 1. The molecule has 1 unspecified atom stereocenters. The summed E-state index contributed by atoms with van der Waals surface area (Å²) in [7, 11) is 0. The Bertz CT molecular complexity index is 1140. The van der Waals surface area contributed by atoms with Crippen molar-refractivity contribution in [1.82, 2.24) is 15.1 Å². The molecule has 0 bridgehead atoms. The third-order valence-electron chi connectivity index (χ3n) is 7.69. The molecule has 2 heterocycles. The summed E-state index contributed by atoms with van der Waals surface area (Å²) < 4.78 is 79.4. The first kappa shape index (κ1) is 30.9. The predicted octanol–water partition coefficient (Wildman–Crippen LogP) is 7.38. The molecule has 0 aromatic heterocycles. The van der Waals surface area contributed by atoms with Crippen LogP contribution < -0.4 is 5.32 Å². The fourth-order valence-corrected chi connectivity index (χ4v) is 6.07. The largest absolute Gasteiger partial charge is 0.416 e. The van der Waals surface area contributed by atoms with Gasteiger partial charge in [0.2, 0.25) is 5.91 Å². The first-order valence-electron chi connectivity index (χ1n) is 13.3. The maximum absolute atomic E-state index is 13.2. The standard InChI is InChI=1S/C28H31Cl2F6N3O/c29-23-6-4-5-22(26(23)30)24(39-11-7-21(8-12-39)38-9-2-1-3-10-38)17-37-25(40)15-18-13-19(27(31,32)33)16-20(14-18)28(34,35)36/h4-6,13-14,16,21,24H,1-3,7-12,15,17H2,(H,37,40). The van der Waals surface area contributed by atoms with E-state index in [2.05, 4.69) is 15.1 Å². The highest BCUT2D eigenvalue weighted by Gasteiger charge is 2.37. The third-order valence-corrected chi connectivity index (χ3v) is 8.53. The van der Waals surface area contributed by atoms with Gasteiger partial charge in [-0.15, -0.1) is 0 Å². The van der Waals surface area contributed by atoms with Crippen molar-refractivity contribution in [1.29, 1.82) is 0 Å². The first-order chi connectivity index (χ1) is 18.8. The van der Waals surface area contributed by atoms with Crippen molar-refractivity contribution in [3.63, 3.8) is 0 Å². The van der Waals surface area contributed by atoms with Crippen LogP contribution in [0.1, 0.15) is 60.4 Å². The first-order valence-corrected chi connectivity index (χ1v) is 14.1. The van der Waals surface area contributed by atoms with E-state index < -0.39 is 35.8 Å². The van der Waals surface area contributed by atoms with E-state index >= 15 is 0 Å². The molecule has 0 radical (unpaired) electrons. The molecule has 220 valence electrons. The molecule has 2 saturated heterocycles. The van der Waals surface area contributed by atoms with Crippen LogP contribution in [0, 0.1) is 0 Å². The molecule has 40 heavy (non-hydrogen) atoms. The number of carbonyl (C=O) groups is 1. The molecule has 0 spiro atoms. The number of piperidine rings is 2. The Labute approximate surface area is 239 Å². The maximum Gasteiger partial charge on any atom is 0.416 e. The van der Waals surface area contributed by atoms with Gasteiger partial charge in [0, 0.05) is 25.7 Å². The number of hydrogen-bond acceptors (Lipinski definition) is 3. The summed E-state index contributed by atoms with van der Waals surface area (Å²) >= 11 is 12.8. The van der Waals surface area contributed by atoms with Gasteiger partial charge < -0.3 is 10.2 Å². The molecule has 0 aliphatic carbocycles. The molecule has 4 rings (SSSR count). The van der Waals surface area contributed by atoms with Gasteiger partial charge >= 0.3 is 12.4 Å². The fraction of sp³-hybridized carbons (Fsp3) is 0.536. The second-order valence-corrected chi connectivity index (χ2v) is 11.2. The quantitative estimate of drug-likeness (QED) is 0.333. The van der Waals surface area contributed by atoms with Crippen LogP contribution in [0.4, 0.5) is 26.3 Å². The summed E-state index contributed by atoms with van der Waals surface area (Å²) in [5, 5.41) is 3.40. The van der Waals surface area contributed by atoms with Crippen LogP contribution in [-0.4, -0.2) is 54.5 Å². The lowest BCUT2D eigenvalue weighted by Crippen LogP contribution is -2.49. The molecule has 1 N–H and O–H groups in total. The molecule has 2 aliphatic rings. The predicted molar refractivity (Wildman–Crippen MR) is 142 cm³/mol. The summed E-state index contributed by atoms with van der Waals surface area (Å²) in [4.78, 5) is 17.5. The van der Waals surface area contributed by atoms with Crippen molar-refractivity contribution < 1.29 is 31.1 Å². The van der Waals surface area contributed by atoms with Gasteiger partial charge in [-0.3, -0.25) is 9.69 Å². The van der Waals surface area contributed by atoms with Gasteiger partial charge in [-0.05, 0) is 74.2 Å². The number of rotatable bonds is 7. The van der Waals surface area contributed by atoms with Crippen LogP contribution in [0.3, 0.4) is 0 Å². The van der Waals surface area contributed by atoms with Crippen LogP contribution in [-0.2, 0) is 23.6 Å². The third kappa shape index (κ3) is 7.84. The lowest BCUT2D eigenvalue weighted by molar-refractivity contribution is -0.143. The lowest BCUT2D eigenvalue weighted by Gasteiger charge is -2.43. The maximum atomic E-state index is 13.2. The summed E-state index contributed by atoms with van der Waals surface area (Å²) in [5.74, 6) is -0.696. The molecule has 2 aromatic rings. The number of carbonyl (C=O) groups excluding carboxylic acids is 1. The number of benzene rings is 2. The lowest BCUT2D eigenvalue weighted by atomic mass is 9.96. The van der Waals surface area contributed by atoms with Crippen molar-refractivity contribution in [3.8, 4) is 0 Å². The van der Waals surface area contributed by atoms with Crippen molar-refractivity contribution in [2.45, 2.75) is 63.0 Å². The Kier molecular flexibility index (Phi) is 9.96. The van der Waals surface area contributed by atoms with Crippen molar-refractivity contribution in [3.05, 3.63) is 68.7 Å². The van der Waals surface area contributed by atoms with Gasteiger partial charge in [0.1, 0.15) is 0 Å². The van der Waals surface area contributed by atoms with Gasteiger partial charge in [-0.25, -0.2) is 0 Å². The second kappa shape index (κ2) is 12.9. The minimum Gasteiger partial charge on any atom is -0.354 e. The molecular formula is C28H31Cl2F6N3O. The number of halogens is 8. The molecule has 2 fully saturated rings. The Morgan fingerprint density at radius 2 is 1.50 bits per heavy atom. The zero-order valence-corrected chi connectivity index (χ0v) is 23.2. The number of alkyl halides is 6. The fourth-order valence-electron chi connectivity index (χ4n) is 5.64. The molecule has 1 atom stereocenters. The van der Waals surface area contributed by atoms with E-state index in [1.165, 1.54) is 19.3 Å². The normalized spacial score (nSPS) is 19.0. The minimum absolute atomic E-state index is 0.0477. The van der Waals surface area contributed by atoms with Crippen LogP contribution in [0.25, 0.3) is 0 Å². The van der Waals surface area contributed by atoms with Crippen LogP contribution in [0.2, 0.25) is 10.0 Å². The molecule has 0 saturated carbocycles. The molecule has 2 aromatic carbocycles. The highest BCUT2D eigenvalue weighted by Crippen LogP contribution is 2.37. The second-order valence-electron chi connectivity index (χ2n) is 10.4. The summed E-state index contributed by atoms with van der Waals surface area (Å²) in [5.41, 5.74) is -2.58. The number of likely N-dealkylation sites (tertiary alicyclic amines) is 2. The summed E-state index contributed by atoms with van der Waals surface area (Å²) in [6.45, 7) is 3.74. The van der Waals surface area contributed by atoms with E-state index in [4.69, 9.17) is 23.2 Å². The summed E-state index contributed by atoms with van der Waals surface area (Å²) in [6, 6.07) is 6.51. The minimum atomic E-state index is -4.98. The average molecular weight is 610 g/mol.